The number of H-pyrrole nitrogens is 1. The molecule has 2 N–H and O–H groups in total. The van der Waals surface area contributed by atoms with Crippen molar-refractivity contribution in [2.45, 2.75) is 26.3 Å². The lowest BCUT2D eigenvalue weighted by atomic mass is 9.98. The lowest BCUT2D eigenvalue weighted by Gasteiger charge is -2.26. The van der Waals surface area contributed by atoms with E-state index in [0.717, 1.165) is 28.2 Å². The van der Waals surface area contributed by atoms with Crippen LogP contribution in [0, 0.1) is 5.92 Å². The van der Waals surface area contributed by atoms with E-state index in [1.165, 1.54) is 0 Å². The maximum absolute atomic E-state index is 12.7. The summed E-state index contributed by atoms with van der Waals surface area (Å²) in [6.45, 7) is 4.72. The highest BCUT2D eigenvalue weighted by atomic mass is 16.5. The van der Waals surface area contributed by atoms with Crippen LogP contribution in [0.25, 0.3) is 11.0 Å². The maximum Gasteiger partial charge on any atom is 0.317 e. The third-order valence-electron chi connectivity index (χ3n) is 4.76. The lowest BCUT2D eigenvalue weighted by molar-refractivity contribution is 0.201. The third kappa shape index (κ3) is 4.60. The first-order valence-corrected chi connectivity index (χ1v) is 9.42. The van der Waals surface area contributed by atoms with E-state index in [1.54, 1.807) is 31.5 Å². The van der Waals surface area contributed by atoms with E-state index < -0.39 is 0 Å². The van der Waals surface area contributed by atoms with E-state index in [1.807, 2.05) is 30.3 Å². The number of urea groups is 1. The average molecular weight is 381 g/mol. The molecule has 0 bridgehead atoms. The summed E-state index contributed by atoms with van der Waals surface area (Å²) >= 11 is 0. The Morgan fingerprint density at radius 2 is 2.14 bits per heavy atom. The Kier molecular flexibility index (Phi) is 6.13. The zero-order chi connectivity index (χ0) is 20.1. The van der Waals surface area contributed by atoms with Crippen molar-refractivity contribution in [3.05, 3.63) is 54.1 Å². The Bertz CT molecular complexity index is 923. The fourth-order valence-electron chi connectivity index (χ4n) is 3.10. The quantitative estimate of drug-likeness (QED) is 0.656. The van der Waals surface area contributed by atoms with Gasteiger partial charge in [0.2, 0.25) is 0 Å². The van der Waals surface area contributed by atoms with E-state index in [-0.39, 0.29) is 18.0 Å². The maximum atomic E-state index is 12.7. The first-order chi connectivity index (χ1) is 13.5. The number of methoxy groups -OCH3 is 1. The van der Waals surface area contributed by atoms with Crippen LogP contribution in [-0.2, 0) is 6.42 Å². The van der Waals surface area contributed by atoms with Crippen LogP contribution in [0.2, 0.25) is 0 Å². The fraction of sp³-hybridized carbons (Fsp3) is 0.381. The third-order valence-corrected chi connectivity index (χ3v) is 4.76. The van der Waals surface area contributed by atoms with Crippen molar-refractivity contribution in [1.82, 2.24) is 25.2 Å². The van der Waals surface area contributed by atoms with Crippen LogP contribution in [0.4, 0.5) is 4.79 Å². The summed E-state index contributed by atoms with van der Waals surface area (Å²) in [5.74, 6) is 1.89. The number of nitrogens with one attached hydrogen (secondary N) is 2. The van der Waals surface area contributed by atoms with Gasteiger partial charge in [-0.05, 0) is 29.7 Å². The van der Waals surface area contributed by atoms with Gasteiger partial charge >= 0.3 is 6.03 Å². The largest absolute Gasteiger partial charge is 0.497 e. The number of hydrogen-bond donors (Lipinski definition) is 2. The Hall–Kier alpha value is -3.09. The van der Waals surface area contributed by atoms with Crippen LogP contribution in [0.3, 0.4) is 0 Å². The number of amides is 2. The second-order valence-corrected chi connectivity index (χ2v) is 7.20. The van der Waals surface area contributed by atoms with E-state index in [2.05, 4.69) is 34.1 Å². The molecule has 28 heavy (non-hydrogen) atoms. The number of benzene rings is 1. The van der Waals surface area contributed by atoms with Gasteiger partial charge in [0.1, 0.15) is 11.6 Å². The van der Waals surface area contributed by atoms with Gasteiger partial charge in [0.15, 0.2) is 0 Å². The smallest absolute Gasteiger partial charge is 0.317 e. The highest BCUT2D eigenvalue weighted by molar-refractivity contribution is 5.77. The van der Waals surface area contributed by atoms with Crippen LogP contribution in [0.15, 0.2) is 42.7 Å². The first-order valence-electron chi connectivity index (χ1n) is 9.42. The monoisotopic (exact) mass is 381 g/mol. The molecule has 0 aliphatic carbocycles. The molecule has 0 aliphatic rings. The number of nitrogens with zero attached hydrogens (tertiary/aromatic N) is 3. The molecule has 0 saturated carbocycles. The molecule has 1 atom stereocenters. The van der Waals surface area contributed by atoms with Crippen LogP contribution in [0.1, 0.15) is 31.3 Å². The second kappa shape index (κ2) is 8.73. The van der Waals surface area contributed by atoms with Gasteiger partial charge in [0.25, 0.3) is 0 Å². The van der Waals surface area contributed by atoms with Gasteiger partial charge in [0.05, 0.1) is 24.2 Å². The number of ether oxygens (including phenoxy) is 1. The summed E-state index contributed by atoms with van der Waals surface area (Å²) in [5.41, 5.74) is 2.82. The van der Waals surface area contributed by atoms with Crippen molar-refractivity contribution >= 4 is 17.1 Å². The number of rotatable bonds is 7. The van der Waals surface area contributed by atoms with Crippen molar-refractivity contribution in [2.24, 2.45) is 5.92 Å². The molecule has 2 aromatic heterocycles. The lowest BCUT2D eigenvalue weighted by Crippen LogP contribution is -2.41. The van der Waals surface area contributed by atoms with Gasteiger partial charge in [-0.25, -0.2) is 9.78 Å². The van der Waals surface area contributed by atoms with Crippen molar-refractivity contribution in [3.8, 4) is 5.75 Å². The Balaban J connectivity index is 1.60. The molecule has 7 heteroatoms. The van der Waals surface area contributed by atoms with Crippen LogP contribution < -0.4 is 10.1 Å². The predicted molar refractivity (Wildman–Crippen MR) is 109 cm³/mol. The van der Waals surface area contributed by atoms with Gasteiger partial charge in [-0.3, -0.25) is 4.98 Å². The number of pyridine rings is 1. The second-order valence-electron chi connectivity index (χ2n) is 7.20. The fourth-order valence-corrected chi connectivity index (χ4v) is 3.10. The van der Waals surface area contributed by atoms with E-state index in [4.69, 9.17) is 4.74 Å². The molecule has 1 aromatic carbocycles. The summed E-state index contributed by atoms with van der Waals surface area (Å²) in [6.07, 6.45) is 4.17. The number of imidazole rings is 1. The normalized spacial score (nSPS) is 12.2. The number of carbonyl (C=O) groups excluding carboxylic acids is 1. The highest BCUT2D eigenvalue weighted by Crippen LogP contribution is 2.21. The minimum absolute atomic E-state index is 0.0812. The van der Waals surface area contributed by atoms with E-state index in [9.17, 15) is 4.79 Å². The number of aromatic amines is 1. The molecule has 3 rings (SSSR count). The van der Waals surface area contributed by atoms with Crippen LogP contribution in [-0.4, -0.2) is 46.6 Å². The van der Waals surface area contributed by atoms with Crippen molar-refractivity contribution in [3.63, 3.8) is 0 Å². The minimum Gasteiger partial charge on any atom is -0.497 e. The Labute approximate surface area is 165 Å². The molecule has 0 radical (unpaired) electrons. The summed E-state index contributed by atoms with van der Waals surface area (Å²) in [7, 11) is 3.43. The predicted octanol–water partition coefficient (Wildman–Crippen LogP) is 3.55. The van der Waals surface area contributed by atoms with Gasteiger partial charge in [-0.15, -0.1) is 0 Å². The Morgan fingerprint density at radius 3 is 2.82 bits per heavy atom. The first kappa shape index (κ1) is 19.7. The molecule has 148 valence electrons. The summed E-state index contributed by atoms with van der Waals surface area (Å²) in [5, 5.41) is 3.11. The van der Waals surface area contributed by atoms with Crippen molar-refractivity contribution in [1.29, 1.82) is 0 Å². The summed E-state index contributed by atoms with van der Waals surface area (Å²) < 4.78 is 5.24. The number of aromatic nitrogens is 3. The van der Waals surface area contributed by atoms with Crippen LogP contribution >= 0.6 is 0 Å². The molecule has 2 amide bonds. The molecule has 0 spiro atoms. The number of carbonyl (C=O) groups is 1. The van der Waals surface area contributed by atoms with E-state index in [0.29, 0.717) is 13.0 Å². The van der Waals surface area contributed by atoms with Gasteiger partial charge < -0.3 is 19.9 Å². The van der Waals surface area contributed by atoms with E-state index >= 15 is 0 Å². The molecule has 7 nitrogen and oxygen atoms in total. The summed E-state index contributed by atoms with van der Waals surface area (Å²) in [6, 6.07) is 9.41. The standard InChI is InChI=1S/C21H27N5O2/c1-14(2)20(15-6-5-10-22-13-15)25-21(27)26(3)11-9-19-23-17-8-7-16(28-4)12-18(17)24-19/h5-8,10,12-14,20H,9,11H2,1-4H3,(H,23,24)(H,25,27)/t20-/m0/s1. The molecule has 3 aromatic rings. The van der Waals surface area contributed by atoms with Gasteiger partial charge in [-0.1, -0.05) is 19.9 Å². The SMILES string of the molecule is COc1ccc2nc(CCN(C)C(=O)N[C@H](c3cccnc3)C(C)C)[nH]c2c1. The van der Waals surface area contributed by atoms with Gasteiger partial charge in [-0.2, -0.15) is 0 Å². The molecular weight excluding hydrogens is 354 g/mol. The zero-order valence-electron chi connectivity index (χ0n) is 16.8. The van der Waals surface area contributed by atoms with Crippen LogP contribution in [0.5, 0.6) is 5.75 Å². The van der Waals surface area contributed by atoms with Gasteiger partial charge in [0, 0.05) is 38.5 Å². The molecule has 0 aliphatic heterocycles. The van der Waals surface area contributed by atoms with Crippen molar-refractivity contribution < 1.29 is 9.53 Å². The average Bonchev–Trinajstić information content (AvgIpc) is 3.12. The summed E-state index contributed by atoms with van der Waals surface area (Å²) in [4.78, 5) is 26.4. The molecule has 2 heterocycles. The topological polar surface area (TPSA) is 83.1 Å². The van der Waals surface area contributed by atoms with Crippen molar-refractivity contribution in [2.75, 3.05) is 20.7 Å². The molecule has 0 unspecified atom stereocenters. The zero-order valence-corrected chi connectivity index (χ0v) is 16.8. The molecule has 0 saturated heterocycles. The minimum atomic E-state index is -0.111. The number of fused-ring (bicyclic) bond motifs is 1. The number of likely N-dealkylation sites (N-methyl/N-ethyl adjacent to an activating group) is 1. The molecule has 0 fully saturated rings. The molecular formula is C21H27N5O2. The highest BCUT2D eigenvalue weighted by Gasteiger charge is 2.20. The Morgan fingerprint density at radius 1 is 1.32 bits per heavy atom. The number of hydrogen-bond acceptors (Lipinski definition) is 4.